The Balaban J connectivity index is 2.06. The van der Waals surface area contributed by atoms with Gasteiger partial charge in [0.15, 0.2) is 0 Å². The molecule has 2 rings (SSSR count). The van der Waals surface area contributed by atoms with E-state index in [0.29, 0.717) is 25.8 Å². The number of hydrogen-bond acceptors (Lipinski definition) is 3. The van der Waals surface area contributed by atoms with Crippen molar-refractivity contribution in [1.29, 1.82) is 0 Å². The summed E-state index contributed by atoms with van der Waals surface area (Å²) in [5.41, 5.74) is 0.0148. The van der Waals surface area contributed by atoms with E-state index in [0.717, 1.165) is 31.4 Å². The number of rotatable bonds is 3. The fourth-order valence-corrected chi connectivity index (χ4v) is 3.19. The summed E-state index contributed by atoms with van der Waals surface area (Å²) in [6.07, 6.45) is 3.56. The van der Waals surface area contributed by atoms with Crippen LogP contribution in [0, 0.1) is 5.41 Å². The zero-order valence-electron chi connectivity index (χ0n) is 9.91. The maximum atomic E-state index is 11.8. The highest BCUT2D eigenvalue weighted by Crippen LogP contribution is 2.34. The molecule has 0 radical (unpaired) electrons. The van der Waals surface area contributed by atoms with Gasteiger partial charge in [-0.05, 0) is 19.3 Å². The molecular formula is C12H18BrNO3. The first-order chi connectivity index (χ1) is 8.17. The van der Waals surface area contributed by atoms with Crippen molar-refractivity contribution in [3.8, 4) is 0 Å². The molecule has 0 atom stereocenters. The zero-order valence-corrected chi connectivity index (χ0v) is 11.5. The number of alkyl halides is 1. The third-order valence-electron chi connectivity index (χ3n) is 3.71. The number of halogens is 1. The molecule has 2 amide bonds. The Hall–Kier alpha value is -0.420. The van der Waals surface area contributed by atoms with Crippen LogP contribution in [0.15, 0.2) is 0 Å². The van der Waals surface area contributed by atoms with Crippen LogP contribution in [0.25, 0.3) is 0 Å². The van der Waals surface area contributed by atoms with Crippen LogP contribution in [0.5, 0.6) is 0 Å². The highest BCUT2D eigenvalue weighted by molar-refractivity contribution is 9.09. The molecule has 0 spiro atoms. The van der Waals surface area contributed by atoms with E-state index in [-0.39, 0.29) is 17.2 Å². The Morgan fingerprint density at radius 1 is 1.18 bits per heavy atom. The van der Waals surface area contributed by atoms with Gasteiger partial charge in [0.1, 0.15) is 0 Å². The first kappa shape index (κ1) is 13.0. The molecule has 0 aromatic heterocycles. The van der Waals surface area contributed by atoms with Crippen molar-refractivity contribution in [2.24, 2.45) is 5.41 Å². The third kappa shape index (κ3) is 2.88. The summed E-state index contributed by atoms with van der Waals surface area (Å²) in [5.74, 6) is -0.0128. The fraction of sp³-hybridized carbons (Fsp3) is 0.833. The number of amides is 2. The summed E-state index contributed by atoms with van der Waals surface area (Å²) in [6.45, 7) is 2.00. The maximum absolute atomic E-state index is 11.8. The van der Waals surface area contributed by atoms with Gasteiger partial charge in [0, 0.05) is 43.3 Å². The molecule has 0 saturated carbocycles. The number of likely N-dealkylation sites (tertiary alicyclic amines) is 1. The molecule has 5 heteroatoms. The van der Waals surface area contributed by atoms with E-state index >= 15 is 0 Å². The lowest BCUT2D eigenvalue weighted by Gasteiger charge is -2.40. The summed E-state index contributed by atoms with van der Waals surface area (Å²) in [5, 5.41) is 0.820. The minimum atomic E-state index is -0.00642. The smallest absolute Gasteiger partial charge is 0.229 e. The second-order valence-corrected chi connectivity index (χ2v) is 5.53. The molecule has 2 heterocycles. The number of piperidine rings is 1. The van der Waals surface area contributed by atoms with Gasteiger partial charge in [-0.25, -0.2) is 0 Å². The van der Waals surface area contributed by atoms with Crippen molar-refractivity contribution >= 4 is 27.7 Å². The lowest BCUT2D eigenvalue weighted by molar-refractivity contribution is -0.150. The lowest BCUT2D eigenvalue weighted by atomic mass is 9.81. The van der Waals surface area contributed by atoms with E-state index in [1.165, 1.54) is 4.90 Å². The number of carbonyl (C=O) groups is 2. The van der Waals surface area contributed by atoms with Gasteiger partial charge in [0.2, 0.25) is 11.8 Å². The zero-order chi connectivity index (χ0) is 12.3. The number of ether oxygens (including phenoxy) is 1. The van der Waals surface area contributed by atoms with E-state index < -0.39 is 0 Å². The number of nitrogens with zero attached hydrogens (tertiary/aromatic N) is 1. The maximum Gasteiger partial charge on any atom is 0.229 e. The van der Waals surface area contributed by atoms with Crippen LogP contribution >= 0.6 is 15.9 Å². The summed E-state index contributed by atoms with van der Waals surface area (Å²) < 4.78 is 5.36. The van der Waals surface area contributed by atoms with E-state index in [1.807, 2.05) is 0 Å². The Morgan fingerprint density at radius 3 is 2.29 bits per heavy atom. The Labute approximate surface area is 110 Å². The summed E-state index contributed by atoms with van der Waals surface area (Å²) in [6, 6.07) is 0. The van der Waals surface area contributed by atoms with Crippen LogP contribution in [-0.2, 0) is 14.3 Å². The van der Waals surface area contributed by atoms with Gasteiger partial charge >= 0.3 is 0 Å². The molecule has 0 bridgehead atoms. The van der Waals surface area contributed by atoms with Crippen LogP contribution in [0.3, 0.4) is 0 Å². The quantitative estimate of drug-likeness (QED) is 0.589. The molecule has 0 aliphatic carbocycles. The molecule has 0 aromatic carbocycles. The predicted molar refractivity (Wildman–Crippen MR) is 66.9 cm³/mol. The molecule has 4 nitrogen and oxygen atoms in total. The molecule has 2 aliphatic rings. The van der Waals surface area contributed by atoms with Gasteiger partial charge in [-0.3, -0.25) is 14.5 Å². The van der Waals surface area contributed by atoms with Crippen molar-refractivity contribution in [1.82, 2.24) is 4.90 Å². The number of imide groups is 1. The average molecular weight is 304 g/mol. The fourth-order valence-electron chi connectivity index (χ4n) is 2.45. The first-order valence-corrected chi connectivity index (χ1v) is 7.26. The van der Waals surface area contributed by atoms with Crippen molar-refractivity contribution in [3.63, 3.8) is 0 Å². The predicted octanol–water partition coefficient (Wildman–Crippen LogP) is 1.72. The summed E-state index contributed by atoms with van der Waals surface area (Å²) >= 11 is 3.53. The van der Waals surface area contributed by atoms with E-state index in [9.17, 15) is 9.59 Å². The Bertz CT molecular complexity index is 297. The van der Waals surface area contributed by atoms with Crippen LogP contribution in [0.4, 0.5) is 0 Å². The van der Waals surface area contributed by atoms with E-state index in [4.69, 9.17) is 4.74 Å². The summed E-state index contributed by atoms with van der Waals surface area (Å²) in [4.78, 5) is 25.1. The molecule has 2 fully saturated rings. The minimum absolute atomic E-state index is 0.00642. The second kappa shape index (κ2) is 5.48. The normalized spacial score (nSPS) is 25.1. The highest BCUT2D eigenvalue weighted by atomic mass is 79.9. The average Bonchev–Trinajstić information content (AvgIpc) is 2.35. The molecule has 96 valence electrons. The van der Waals surface area contributed by atoms with Gasteiger partial charge in [-0.15, -0.1) is 0 Å². The van der Waals surface area contributed by atoms with Crippen molar-refractivity contribution < 1.29 is 14.3 Å². The minimum Gasteiger partial charge on any atom is -0.381 e. The van der Waals surface area contributed by atoms with Crippen molar-refractivity contribution in [3.05, 3.63) is 0 Å². The molecule has 0 N–H and O–H groups in total. The van der Waals surface area contributed by atoms with Gasteiger partial charge in [-0.1, -0.05) is 15.9 Å². The van der Waals surface area contributed by atoms with Crippen LogP contribution in [-0.4, -0.2) is 41.8 Å². The van der Waals surface area contributed by atoms with Crippen molar-refractivity contribution in [2.45, 2.75) is 32.1 Å². The molecule has 2 saturated heterocycles. The van der Waals surface area contributed by atoms with Gasteiger partial charge in [-0.2, -0.15) is 0 Å². The number of hydrogen-bond donors (Lipinski definition) is 0. The lowest BCUT2D eigenvalue weighted by Crippen LogP contribution is -2.49. The monoisotopic (exact) mass is 303 g/mol. The Kier molecular flexibility index (Phi) is 4.20. The van der Waals surface area contributed by atoms with Crippen LogP contribution < -0.4 is 0 Å². The van der Waals surface area contributed by atoms with Gasteiger partial charge < -0.3 is 4.74 Å². The van der Waals surface area contributed by atoms with Crippen LogP contribution in [0.2, 0.25) is 0 Å². The standard InChI is InChI=1S/C12H18BrNO3/c13-8-12(4-6-17-7-5-12)9-14-10(15)2-1-3-11(14)16/h1-9H2. The van der Waals surface area contributed by atoms with Crippen molar-refractivity contribution in [2.75, 3.05) is 25.1 Å². The molecule has 2 aliphatic heterocycles. The largest absolute Gasteiger partial charge is 0.381 e. The SMILES string of the molecule is O=C1CCCC(=O)N1CC1(CBr)CCOCC1. The number of carbonyl (C=O) groups excluding carboxylic acids is 2. The second-order valence-electron chi connectivity index (χ2n) is 4.97. The highest BCUT2D eigenvalue weighted by Gasteiger charge is 2.37. The summed E-state index contributed by atoms with van der Waals surface area (Å²) in [7, 11) is 0. The first-order valence-electron chi connectivity index (χ1n) is 6.14. The Morgan fingerprint density at radius 2 is 1.76 bits per heavy atom. The third-order valence-corrected chi connectivity index (χ3v) is 4.90. The molecule has 0 unspecified atom stereocenters. The molecular weight excluding hydrogens is 286 g/mol. The molecule has 0 aromatic rings. The van der Waals surface area contributed by atoms with Gasteiger partial charge in [0.25, 0.3) is 0 Å². The van der Waals surface area contributed by atoms with E-state index in [2.05, 4.69) is 15.9 Å². The molecule has 17 heavy (non-hydrogen) atoms. The topological polar surface area (TPSA) is 46.6 Å². The van der Waals surface area contributed by atoms with Gasteiger partial charge in [0.05, 0.1) is 0 Å². The van der Waals surface area contributed by atoms with Crippen LogP contribution in [0.1, 0.15) is 32.1 Å². The van der Waals surface area contributed by atoms with E-state index in [1.54, 1.807) is 0 Å².